The quantitative estimate of drug-likeness (QED) is 0.723. The van der Waals surface area contributed by atoms with Gasteiger partial charge >= 0.3 is 0 Å². The molecule has 3 aromatic rings. The average Bonchev–Trinajstić information content (AvgIpc) is 2.82. The van der Waals surface area contributed by atoms with Gasteiger partial charge < -0.3 is 15.4 Å². The second kappa shape index (κ2) is 5.58. The van der Waals surface area contributed by atoms with E-state index in [1.165, 1.54) is 11.1 Å². The van der Waals surface area contributed by atoms with Crippen molar-refractivity contribution in [3.05, 3.63) is 59.4 Å². The Hall–Kier alpha value is -2.33. The van der Waals surface area contributed by atoms with Gasteiger partial charge in [0.05, 0.1) is 11.0 Å². The summed E-state index contributed by atoms with van der Waals surface area (Å²) in [4.78, 5) is 4.45. The average molecular weight is 281 g/mol. The fraction of sp³-hybridized carbons (Fsp3) is 0.235. The minimum atomic E-state index is -0.0671. The van der Waals surface area contributed by atoms with Gasteiger partial charge in [0.1, 0.15) is 12.4 Å². The van der Waals surface area contributed by atoms with Gasteiger partial charge in [-0.15, -0.1) is 0 Å². The molecule has 4 nitrogen and oxygen atoms in total. The molecule has 0 bridgehead atoms. The van der Waals surface area contributed by atoms with Crippen molar-refractivity contribution in [3.63, 3.8) is 0 Å². The highest BCUT2D eigenvalue weighted by atomic mass is 16.3. The summed E-state index contributed by atoms with van der Waals surface area (Å²) in [6, 6.07) is 14.2. The molecule has 3 rings (SSSR count). The van der Waals surface area contributed by atoms with Crippen LogP contribution < -0.4 is 5.73 Å². The van der Waals surface area contributed by atoms with Crippen LogP contribution in [0.2, 0.25) is 0 Å². The van der Waals surface area contributed by atoms with E-state index in [1.54, 1.807) is 0 Å². The number of rotatable bonds is 4. The van der Waals surface area contributed by atoms with E-state index in [-0.39, 0.29) is 6.61 Å². The molecule has 0 aliphatic rings. The fourth-order valence-corrected chi connectivity index (χ4v) is 2.68. The molecule has 1 heterocycles. The maximum atomic E-state index is 9.52. The number of hydrogen-bond donors (Lipinski definition) is 2. The Balaban J connectivity index is 1.92. The van der Waals surface area contributed by atoms with Crippen molar-refractivity contribution in [1.82, 2.24) is 9.55 Å². The molecule has 0 saturated carbocycles. The van der Waals surface area contributed by atoms with E-state index < -0.39 is 0 Å². The van der Waals surface area contributed by atoms with Gasteiger partial charge in [0.15, 0.2) is 0 Å². The van der Waals surface area contributed by atoms with Gasteiger partial charge in [-0.1, -0.05) is 29.8 Å². The number of benzene rings is 2. The van der Waals surface area contributed by atoms with Crippen LogP contribution >= 0.6 is 0 Å². The predicted octanol–water partition coefficient (Wildman–Crippen LogP) is 2.66. The van der Waals surface area contributed by atoms with E-state index in [1.807, 2.05) is 18.2 Å². The Labute approximate surface area is 123 Å². The third-order valence-electron chi connectivity index (χ3n) is 3.70. The maximum Gasteiger partial charge on any atom is 0.135 e. The zero-order chi connectivity index (χ0) is 14.8. The first-order chi connectivity index (χ1) is 10.2. The molecule has 0 aliphatic heterocycles. The number of aliphatic hydroxyl groups is 1. The van der Waals surface area contributed by atoms with Crippen LogP contribution in [-0.2, 0) is 19.6 Å². The largest absolute Gasteiger partial charge is 0.399 e. The molecule has 0 amide bonds. The standard InChI is InChI=1S/C17H19N3O/c1-12-3-2-4-13(9-12)7-8-20-16-6-5-14(18)10-15(16)19-17(20)11-21/h2-6,9-10,21H,7-8,11,18H2,1H3. The lowest BCUT2D eigenvalue weighted by Gasteiger charge is -2.08. The summed E-state index contributed by atoms with van der Waals surface area (Å²) in [6.07, 6.45) is 0.907. The Morgan fingerprint density at radius 2 is 2.05 bits per heavy atom. The van der Waals surface area contributed by atoms with Crippen molar-refractivity contribution in [2.24, 2.45) is 0 Å². The van der Waals surface area contributed by atoms with Crippen molar-refractivity contribution in [3.8, 4) is 0 Å². The highest BCUT2D eigenvalue weighted by Gasteiger charge is 2.10. The van der Waals surface area contributed by atoms with Crippen molar-refractivity contribution in [2.45, 2.75) is 26.5 Å². The Bertz CT molecular complexity index is 777. The minimum absolute atomic E-state index is 0.0671. The molecular weight excluding hydrogens is 262 g/mol. The van der Waals surface area contributed by atoms with Crippen LogP contribution in [-0.4, -0.2) is 14.7 Å². The van der Waals surface area contributed by atoms with Gasteiger partial charge in [-0.05, 0) is 37.1 Å². The van der Waals surface area contributed by atoms with Crippen LogP contribution in [0.15, 0.2) is 42.5 Å². The lowest BCUT2D eigenvalue weighted by Crippen LogP contribution is -2.06. The van der Waals surface area contributed by atoms with E-state index in [0.29, 0.717) is 11.5 Å². The molecular formula is C17H19N3O. The summed E-state index contributed by atoms with van der Waals surface area (Å²) >= 11 is 0. The van der Waals surface area contributed by atoms with E-state index >= 15 is 0 Å². The van der Waals surface area contributed by atoms with Crippen molar-refractivity contribution in [2.75, 3.05) is 5.73 Å². The van der Waals surface area contributed by atoms with E-state index in [4.69, 9.17) is 5.73 Å². The van der Waals surface area contributed by atoms with Gasteiger partial charge in [-0.3, -0.25) is 0 Å². The number of aromatic nitrogens is 2. The van der Waals surface area contributed by atoms with Crippen LogP contribution in [0.25, 0.3) is 11.0 Å². The number of nitrogens with zero attached hydrogens (tertiary/aromatic N) is 2. The third kappa shape index (κ3) is 2.76. The first kappa shape index (κ1) is 13.6. The van der Waals surface area contributed by atoms with Gasteiger partial charge in [0, 0.05) is 12.2 Å². The smallest absolute Gasteiger partial charge is 0.135 e. The molecule has 0 saturated heterocycles. The zero-order valence-corrected chi connectivity index (χ0v) is 12.1. The molecule has 2 aromatic carbocycles. The predicted molar refractivity (Wildman–Crippen MR) is 85.0 cm³/mol. The molecule has 108 valence electrons. The number of hydrogen-bond acceptors (Lipinski definition) is 3. The summed E-state index contributed by atoms with van der Waals surface area (Å²) in [7, 11) is 0. The summed E-state index contributed by atoms with van der Waals surface area (Å²) in [5.74, 6) is 0.684. The lowest BCUT2D eigenvalue weighted by molar-refractivity contribution is 0.266. The zero-order valence-electron chi connectivity index (χ0n) is 12.1. The van der Waals surface area contributed by atoms with Gasteiger partial charge in [-0.25, -0.2) is 4.98 Å². The maximum absolute atomic E-state index is 9.52. The molecule has 3 N–H and O–H groups in total. The SMILES string of the molecule is Cc1cccc(CCn2c(CO)nc3cc(N)ccc32)c1. The second-order valence-corrected chi connectivity index (χ2v) is 5.32. The molecule has 21 heavy (non-hydrogen) atoms. The van der Waals surface area contributed by atoms with Crippen LogP contribution in [0.3, 0.4) is 0 Å². The molecule has 1 aromatic heterocycles. The number of aliphatic hydroxyl groups excluding tert-OH is 1. The minimum Gasteiger partial charge on any atom is -0.399 e. The number of imidazole rings is 1. The molecule has 0 spiro atoms. The molecule has 4 heteroatoms. The monoisotopic (exact) mass is 281 g/mol. The van der Waals surface area contributed by atoms with Crippen LogP contribution in [0.4, 0.5) is 5.69 Å². The van der Waals surface area contributed by atoms with E-state index in [9.17, 15) is 5.11 Å². The number of nitrogen functional groups attached to an aromatic ring is 1. The number of aryl methyl sites for hydroxylation is 3. The summed E-state index contributed by atoms with van der Waals surface area (Å²) < 4.78 is 2.07. The Kier molecular flexibility index (Phi) is 3.62. The molecule has 0 atom stereocenters. The normalized spacial score (nSPS) is 11.1. The first-order valence-electron chi connectivity index (χ1n) is 7.08. The van der Waals surface area contributed by atoms with E-state index in [0.717, 1.165) is 24.0 Å². The molecule has 0 radical (unpaired) electrons. The highest BCUT2D eigenvalue weighted by molar-refractivity contribution is 5.79. The molecule has 0 aliphatic carbocycles. The highest BCUT2D eigenvalue weighted by Crippen LogP contribution is 2.20. The third-order valence-corrected chi connectivity index (χ3v) is 3.70. The van der Waals surface area contributed by atoms with Gasteiger partial charge in [0.25, 0.3) is 0 Å². The fourth-order valence-electron chi connectivity index (χ4n) is 2.68. The first-order valence-corrected chi connectivity index (χ1v) is 7.08. The van der Waals surface area contributed by atoms with Crippen LogP contribution in [0.1, 0.15) is 17.0 Å². The summed E-state index contributed by atoms with van der Waals surface area (Å²) in [6.45, 7) is 2.82. The second-order valence-electron chi connectivity index (χ2n) is 5.32. The Morgan fingerprint density at radius 1 is 1.19 bits per heavy atom. The summed E-state index contributed by atoms with van der Waals surface area (Å²) in [5.41, 5.74) is 10.9. The topological polar surface area (TPSA) is 64.1 Å². The van der Waals surface area contributed by atoms with Crippen molar-refractivity contribution < 1.29 is 5.11 Å². The van der Waals surface area contributed by atoms with Crippen LogP contribution in [0, 0.1) is 6.92 Å². The lowest BCUT2D eigenvalue weighted by atomic mass is 10.1. The van der Waals surface area contributed by atoms with Gasteiger partial charge in [-0.2, -0.15) is 0 Å². The summed E-state index contributed by atoms with van der Waals surface area (Å²) in [5, 5.41) is 9.52. The van der Waals surface area contributed by atoms with Gasteiger partial charge in [0.2, 0.25) is 0 Å². The Morgan fingerprint density at radius 3 is 2.81 bits per heavy atom. The molecule has 0 fully saturated rings. The number of fused-ring (bicyclic) bond motifs is 1. The van der Waals surface area contributed by atoms with Crippen molar-refractivity contribution >= 4 is 16.7 Å². The van der Waals surface area contributed by atoms with Crippen molar-refractivity contribution in [1.29, 1.82) is 0 Å². The van der Waals surface area contributed by atoms with Crippen LogP contribution in [0.5, 0.6) is 0 Å². The number of anilines is 1. The number of nitrogens with two attached hydrogens (primary N) is 1. The van der Waals surface area contributed by atoms with E-state index in [2.05, 4.69) is 40.7 Å². The molecule has 0 unspecified atom stereocenters.